The second-order valence-corrected chi connectivity index (χ2v) is 6.94. The largest absolute Gasteiger partial charge is 0.493 e. The standard InChI is InChI=1S/C20H19BrClNO5/c1-27-17-11-13(6-7-18(24)23-9-8-19(25)26)10-15(21)20(17)28-12-14-4-2-3-5-16(14)22/h2-7,10-11H,8-9,12H2,1H3,(H,23,24)(H,25,26)/b7-6+. The second-order valence-electron chi connectivity index (χ2n) is 5.68. The van der Waals surface area contributed by atoms with Crippen LogP contribution < -0.4 is 14.8 Å². The number of nitrogens with one attached hydrogen (secondary N) is 1. The van der Waals surface area contributed by atoms with Crippen LogP contribution in [0.5, 0.6) is 11.5 Å². The molecule has 0 aromatic heterocycles. The summed E-state index contributed by atoms with van der Waals surface area (Å²) in [6, 6.07) is 10.9. The van der Waals surface area contributed by atoms with Crippen LogP contribution in [0, 0.1) is 0 Å². The van der Waals surface area contributed by atoms with Crippen LogP contribution in [-0.4, -0.2) is 30.6 Å². The molecule has 0 saturated heterocycles. The summed E-state index contributed by atoms with van der Waals surface area (Å²) in [4.78, 5) is 22.2. The summed E-state index contributed by atoms with van der Waals surface area (Å²) in [5.41, 5.74) is 1.56. The van der Waals surface area contributed by atoms with Crippen molar-refractivity contribution in [1.29, 1.82) is 0 Å². The van der Waals surface area contributed by atoms with Crippen molar-refractivity contribution in [2.75, 3.05) is 13.7 Å². The van der Waals surface area contributed by atoms with Gasteiger partial charge in [-0.2, -0.15) is 0 Å². The lowest BCUT2D eigenvalue weighted by Crippen LogP contribution is -2.23. The molecule has 0 fully saturated rings. The average molecular weight is 469 g/mol. The number of rotatable bonds is 9. The quantitative estimate of drug-likeness (QED) is 0.536. The summed E-state index contributed by atoms with van der Waals surface area (Å²) in [6.45, 7) is 0.343. The SMILES string of the molecule is COc1cc(/C=C/C(=O)NCCC(=O)O)cc(Br)c1OCc1ccccc1Cl. The number of carbonyl (C=O) groups is 2. The van der Waals surface area contributed by atoms with Crippen molar-refractivity contribution in [2.45, 2.75) is 13.0 Å². The Bertz CT molecular complexity index is 885. The molecule has 1 amide bonds. The fraction of sp³-hybridized carbons (Fsp3) is 0.200. The normalized spacial score (nSPS) is 10.7. The minimum absolute atomic E-state index is 0.0698. The lowest BCUT2D eigenvalue weighted by Gasteiger charge is -2.14. The van der Waals surface area contributed by atoms with Gasteiger partial charge in [0.15, 0.2) is 11.5 Å². The summed E-state index contributed by atoms with van der Waals surface area (Å²) in [6.07, 6.45) is 2.80. The zero-order chi connectivity index (χ0) is 20.5. The molecule has 28 heavy (non-hydrogen) atoms. The van der Waals surface area contributed by atoms with E-state index in [-0.39, 0.29) is 25.5 Å². The first-order valence-corrected chi connectivity index (χ1v) is 9.49. The number of methoxy groups -OCH3 is 1. The molecule has 6 nitrogen and oxygen atoms in total. The highest BCUT2D eigenvalue weighted by Crippen LogP contribution is 2.37. The predicted octanol–water partition coefficient (Wildman–Crippen LogP) is 4.29. The smallest absolute Gasteiger partial charge is 0.305 e. The lowest BCUT2D eigenvalue weighted by atomic mass is 10.2. The molecule has 2 aromatic carbocycles. The van der Waals surface area contributed by atoms with Gasteiger partial charge in [0.2, 0.25) is 5.91 Å². The van der Waals surface area contributed by atoms with Crippen molar-refractivity contribution in [3.63, 3.8) is 0 Å². The molecular weight excluding hydrogens is 450 g/mol. The molecule has 8 heteroatoms. The predicted molar refractivity (Wildman–Crippen MR) is 111 cm³/mol. The number of carbonyl (C=O) groups excluding carboxylic acids is 1. The Morgan fingerprint density at radius 3 is 2.71 bits per heavy atom. The number of carboxylic acid groups (broad SMARTS) is 1. The van der Waals surface area contributed by atoms with Crippen LogP contribution in [0.3, 0.4) is 0 Å². The third kappa shape index (κ3) is 6.58. The summed E-state index contributed by atoms with van der Waals surface area (Å²) in [7, 11) is 1.52. The van der Waals surface area contributed by atoms with Crippen molar-refractivity contribution < 1.29 is 24.2 Å². The number of ether oxygens (including phenoxy) is 2. The Morgan fingerprint density at radius 2 is 2.04 bits per heavy atom. The molecule has 0 aliphatic carbocycles. The summed E-state index contributed by atoms with van der Waals surface area (Å²) >= 11 is 9.61. The number of benzene rings is 2. The van der Waals surface area contributed by atoms with Crippen molar-refractivity contribution in [3.8, 4) is 11.5 Å². The van der Waals surface area contributed by atoms with Gasteiger partial charge in [-0.15, -0.1) is 0 Å². The third-order valence-electron chi connectivity index (χ3n) is 3.65. The number of carboxylic acids is 1. The van der Waals surface area contributed by atoms with Crippen LogP contribution in [0.2, 0.25) is 5.02 Å². The van der Waals surface area contributed by atoms with Crippen LogP contribution in [0.15, 0.2) is 46.9 Å². The number of halogens is 2. The van der Waals surface area contributed by atoms with E-state index in [1.54, 1.807) is 24.3 Å². The van der Waals surface area contributed by atoms with Gasteiger partial charge in [-0.25, -0.2) is 0 Å². The van der Waals surface area contributed by atoms with E-state index in [4.69, 9.17) is 26.2 Å². The van der Waals surface area contributed by atoms with Crippen molar-refractivity contribution >= 4 is 45.5 Å². The van der Waals surface area contributed by atoms with Gasteiger partial charge in [-0.05, 0) is 45.8 Å². The molecule has 0 aliphatic rings. The van der Waals surface area contributed by atoms with Crippen LogP contribution in [-0.2, 0) is 16.2 Å². The number of amides is 1. The van der Waals surface area contributed by atoms with E-state index in [2.05, 4.69) is 21.2 Å². The minimum Gasteiger partial charge on any atom is -0.493 e. The van der Waals surface area contributed by atoms with Crippen LogP contribution in [0.4, 0.5) is 0 Å². The first-order chi connectivity index (χ1) is 13.4. The lowest BCUT2D eigenvalue weighted by molar-refractivity contribution is -0.136. The molecule has 0 unspecified atom stereocenters. The topological polar surface area (TPSA) is 84.9 Å². The maximum Gasteiger partial charge on any atom is 0.305 e. The Morgan fingerprint density at radius 1 is 1.29 bits per heavy atom. The highest BCUT2D eigenvalue weighted by molar-refractivity contribution is 9.10. The van der Waals surface area contributed by atoms with E-state index in [9.17, 15) is 9.59 Å². The van der Waals surface area contributed by atoms with Gasteiger partial charge < -0.3 is 19.9 Å². The van der Waals surface area contributed by atoms with E-state index < -0.39 is 5.97 Å². The van der Waals surface area contributed by atoms with Gasteiger partial charge in [0.05, 0.1) is 18.0 Å². The fourth-order valence-corrected chi connectivity index (χ4v) is 3.03. The van der Waals surface area contributed by atoms with Gasteiger partial charge >= 0.3 is 5.97 Å². The number of hydrogen-bond donors (Lipinski definition) is 2. The molecule has 148 valence electrons. The van der Waals surface area contributed by atoms with Crippen LogP contribution >= 0.6 is 27.5 Å². The highest BCUT2D eigenvalue weighted by atomic mass is 79.9. The second kappa shape index (κ2) is 10.7. The first kappa shape index (κ1) is 21.8. The summed E-state index contributed by atoms with van der Waals surface area (Å²) < 4.78 is 11.9. The fourth-order valence-electron chi connectivity index (χ4n) is 2.26. The van der Waals surface area contributed by atoms with E-state index in [1.807, 2.05) is 18.2 Å². The van der Waals surface area contributed by atoms with E-state index in [0.29, 0.717) is 26.6 Å². The summed E-state index contributed by atoms with van der Waals surface area (Å²) in [5, 5.41) is 11.7. The molecule has 0 spiro atoms. The molecule has 0 atom stereocenters. The van der Waals surface area contributed by atoms with Gasteiger partial charge in [0.25, 0.3) is 0 Å². The number of hydrogen-bond acceptors (Lipinski definition) is 4. The van der Waals surface area contributed by atoms with Gasteiger partial charge in [0.1, 0.15) is 6.61 Å². The molecule has 2 N–H and O–H groups in total. The van der Waals surface area contributed by atoms with Gasteiger partial charge in [-0.1, -0.05) is 29.8 Å². The molecular formula is C20H19BrClNO5. The average Bonchev–Trinajstić information content (AvgIpc) is 2.66. The Labute approximate surface area is 176 Å². The van der Waals surface area contributed by atoms with Crippen molar-refractivity contribution in [3.05, 3.63) is 63.1 Å². The maximum absolute atomic E-state index is 11.7. The molecule has 0 heterocycles. The van der Waals surface area contributed by atoms with Crippen LogP contribution in [0.1, 0.15) is 17.5 Å². The maximum atomic E-state index is 11.7. The molecule has 0 aliphatic heterocycles. The Hall–Kier alpha value is -2.51. The number of aliphatic carboxylic acids is 1. The molecule has 0 bridgehead atoms. The highest BCUT2D eigenvalue weighted by Gasteiger charge is 2.12. The van der Waals surface area contributed by atoms with Gasteiger partial charge in [-0.3, -0.25) is 9.59 Å². The summed E-state index contributed by atoms with van der Waals surface area (Å²) in [5.74, 6) is -0.335. The zero-order valence-corrected chi connectivity index (χ0v) is 17.4. The molecule has 0 radical (unpaired) electrons. The monoisotopic (exact) mass is 467 g/mol. The van der Waals surface area contributed by atoms with Crippen LogP contribution in [0.25, 0.3) is 6.08 Å². The van der Waals surface area contributed by atoms with Crippen molar-refractivity contribution in [1.82, 2.24) is 5.32 Å². The zero-order valence-electron chi connectivity index (χ0n) is 15.1. The third-order valence-corrected chi connectivity index (χ3v) is 4.60. The van der Waals surface area contributed by atoms with Gasteiger partial charge in [0, 0.05) is 23.2 Å². The Balaban J connectivity index is 2.08. The van der Waals surface area contributed by atoms with E-state index >= 15 is 0 Å². The first-order valence-electron chi connectivity index (χ1n) is 8.32. The van der Waals surface area contributed by atoms with E-state index in [1.165, 1.54) is 13.2 Å². The van der Waals surface area contributed by atoms with Crippen molar-refractivity contribution in [2.24, 2.45) is 0 Å². The molecule has 2 aromatic rings. The Kier molecular flexibility index (Phi) is 8.35. The molecule has 0 saturated carbocycles. The molecule has 2 rings (SSSR count). The minimum atomic E-state index is -0.967. The van der Waals surface area contributed by atoms with E-state index in [0.717, 1.165) is 5.56 Å².